The minimum Gasteiger partial charge on any atom is -0.365 e. The summed E-state index contributed by atoms with van der Waals surface area (Å²) in [6.45, 7) is 2.11. The van der Waals surface area contributed by atoms with Gasteiger partial charge < -0.3 is 4.74 Å². The van der Waals surface area contributed by atoms with Crippen LogP contribution in [0.1, 0.15) is 25.7 Å². The van der Waals surface area contributed by atoms with E-state index in [9.17, 15) is 0 Å². The van der Waals surface area contributed by atoms with Gasteiger partial charge in [0.05, 0.1) is 6.61 Å². The zero-order valence-corrected chi connectivity index (χ0v) is 8.98. The molecule has 1 aliphatic carbocycles. The van der Waals surface area contributed by atoms with Gasteiger partial charge in [-0.05, 0) is 25.0 Å². The molecule has 0 aromatic carbocycles. The van der Waals surface area contributed by atoms with Crippen LogP contribution in [0, 0.1) is 0 Å². The first kappa shape index (κ1) is 8.54. The van der Waals surface area contributed by atoms with Crippen LogP contribution in [0.3, 0.4) is 0 Å². The molecule has 80 valence electrons. The molecular weight excluding hydrogens is 186 g/mol. The average molecular weight is 203 g/mol. The number of nitrogens with zero attached hydrogens (tertiary/aromatic N) is 1. The van der Waals surface area contributed by atoms with E-state index in [1.807, 2.05) is 0 Å². The monoisotopic (exact) mass is 203 g/mol. The summed E-state index contributed by atoms with van der Waals surface area (Å²) < 4.78 is 6.12. The molecule has 0 aromatic heterocycles. The van der Waals surface area contributed by atoms with Crippen LogP contribution in [0.25, 0.3) is 0 Å². The number of hydrogen-bond donors (Lipinski definition) is 0. The summed E-state index contributed by atoms with van der Waals surface area (Å²) in [6, 6.07) is 1.32. The van der Waals surface area contributed by atoms with Gasteiger partial charge in [-0.2, -0.15) is 0 Å². The van der Waals surface area contributed by atoms with Crippen molar-refractivity contribution in [3.63, 3.8) is 0 Å². The Morgan fingerprint density at radius 3 is 3.40 bits per heavy atom. The van der Waals surface area contributed by atoms with E-state index in [4.69, 9.17) is 4.74 Å². The van der Waals surface area contributed by atoms with Crippen LogP contribution in [0.5, 0.6) is 0 Å². The van der Waals surface area contributed by atoms with Crippen LogP contribution >= 0.6 is 0 Å². The Bertz CT molecular complexity index is 360. The average Bonchev–Trinajstić information content (AvgIpc) is 2.82. The molecule has 3 aliphatic heterocycles. The Labute approximate surface area is 90.6 Å². The second-order valence-corrected chi connectivity index (χ2v) is 5.24. The van der Waals surface area contributed by atoms with E-state index in [-0.39, 0.29) is 5.60 Å². The molecule has 1 spiro atoms. The molecule has 0 radical (unpaired) electrons. The third kappa shape index (κ3) is 0.925. The van der Waals surface area contributed by atoms with Crippen molar-refractivity contribution in [1.29, 1.82) is 0 Å². The molecule has 0 amide bonds. The van der Waals surface area contributed by atoms with Crippen molar-refractivity contribution in [3.8, 4) is 0 Å². The molecule has 3 heterocycles. The highest BCUT2D eigenvalue weighted by atomic mass is 16.5. The van der Waals surface area contributed by atoms with Gasteiger partial charge in [-0.1, -0.05) is 24.6 Å². The van der Waals surface area contributed by atoms with Crippen LogP contribution in [-0.4, -0.2) is 35.7 Å². The molecule has 2 bridgehead atoms. The minimum atomic E-state index is 0.0971. The predicted octanol–water partition coefficient (Wildman–Crippen LogP) is 1.88. The lowest BCUT2D eigenvalue weighted by atomic mass is 9.80. The summed E-state index contributed by atoms with van der Waals surface area (Å²) in [4.78, 5) is 2.69. The van der Waals surface area contributed by atoms with E-state index in [1.54, 1.807) is 0 Å². The summed E-state index contributed by atoms with van der Waals surface area (Å²) in [7, 11) is 0. The highest BCUT2D eigenvalue weighted by Gasteiger charge is 2.57. The van der Waals surface area contributed by atoms with Crippen LogP contribution < -0.4 is 0 Å². The van der Waals surface area contributed by atoms with Gasteiger partial charge >= 0.3 is 0 Å². The maximum atomic E-state index is 6.12. The SMILES string of the molecule is C1=CC2CC3(OCC=C13)C1CCCCN21. The van der Waals surface area contributed by atoms with Crippen LogP contribution in [0.4, 0.5) is 0 Å². The smallest absolute Gasteiger partial charge is 0.111 e. The fraction of sp³-hybridized carbons (Fsp3) is 0.692. The number of fused-ring (bicyclic) bond motifs is 3. The van der Waals surface area contributed by atoms with Gasteiger partial charge in [0.25, 0.3) is 0 Å². The fourth-order valence-electron chi connectivity index (χ4n) is 4.02. The molecule has 2 fully saturated rings. The maximum absolute atomic E-state index is 6.12. The molecule has 4 aliphatic rings. The Balaban J connectivity index is 1.83. The molecule has 2 heteroatoms. The lowest BCUT2D eigenvalue weighted by Gasteiger charge is -2.38. The van der Waals surface area contributed by atoms with Crippen LogP contribution in [0.15, 0.2) is 23.8 Å². The first-order valence-corrected chi connectivity index (χ1v) is 6.19. The standard InChI is InChI=1S/C13H17NO/c1-2-7-14-11-5-4-10-6-8-15-13(10,9-11)12(14)3-1/h4-6,11-12H,1-3,7-9H2. The van der Waals surface area contributed by atoms with Crippen molar-refractivity contribution in [3.05, 3.63) is 23.8 Å². The lowest BCUT2D eigenvalue weighted by Crippen LogP contribution is -2.48. The van der Waals surface area contributed by atoms with Crippen molar-refractivity contribution in [2.45, 2.75) is 43.4 Å². The molecule has 3 atom stereocenters. The fourth-order valence-corrected chi connectivity index (χ4v) is 4.02. The topological polar surface area (TPSA) is 12.5 Å². The number of ether oxygens (including phenoxy) is 1. The summed E-state index contributed by atoms with van der Waals surface area (Å²) in [5.41, 5.74) is 1.56. The van der Waals surface area contributed by atoms with E-state index in [1.165, 1.54) is 37.8 Å². The Morgan fingerprint density at radius 2 is 2.40 bits per heavy atom. The first-order chi connectivity index (χ1) is 7.40. The summed E-state index contributed by atoms with van der Waals surface area (Å²) in [5, 5.41) is 0. The third-order valence-corrected chi connectivity index (χ3v) is 4.65. The predicted molar refractivity (Wildman–Crippen MR) is 58.7 cm³/mol. The van der Waals surface area contributed by atoms with Gasteiger partial charge in [0.2, 0.25) is 0 Å². The van der Waals surface area contributed by atoms with E-state index < -0.39 is 0 Å². The Hall–Kier alpha value is -0.600. The number of hydrogen-bond acceptors (Lipinski definition) is 2. The van der Waals surface area contributed by atoms with Crippen molar-refractivity contribution < 1.29 is 4.74 Å². The van der Waals surface area contributed by atoms with E-state index in [2.05, 4.69) is 23.1 Å². The Kier molecular flexibility index (Phi) is 1.56. The molecule has 0 N–H and O–H groups in total. The maximum Gasteiger partial charge on any atom is 0.111 e. The zero-order chi connectivity index (χ0) is 9.88. The largest absolute Gasteiger partial charge is 0.365 e. The van der Waals surface area contributed by atoms with E-state index in [0.29, 0.717) is 12.1 Å². The normalized spacial score (nSPS) is 47.6. The second-order valence-electron chi connectivity index (χ2n) is 5.24. The molecule has 2 saturated heterocycles. The molecule has 2 nitrogen and oxygen atoms in total. The van der Waals surface area contributed by atoms with Gasteiger partial charge in [0, 0.05) is 18.5 Å². The highest BCUT2D eigenvalue weighted by Crippen LogP contribution is 2.50. The van der Waals surface area contributed by atoms with Gasteiger partial charge in [-0.25, -0.2) is 0 Å². The number of piperidine rings is 1. The summed E-state index contributed by atoms with van der Waals surface area (Å²) in [6.07, 6.45) is 12.3. The quantitative estimate of drug-likeness (QED) is 0.596. The van der Waals surface area contributed by atoms with Gasteiger partial charge in [0.15, 0.2) is 0 Å². The third-order valence-electron chi connectivity index (χ3n) is 4.65. The molecule has 4 rings (SSSR count). The van der Waals surface area contributed by atoms with Crippen molar-refractivity contribution in [1.82, 2.24) is 4.90 Å². The summed E-state index contributed by atoms with van der Waals surface area (Å²) in [5.74, 6) is 0. The van der Waals surface area contributed by atoms with Gasteiger partial charge in [-0.15, -0.1) is 0 Å². The lowest BCUT2D eigenvalue weighted by molar-refractivity contribution is -0.0178. The number of rotatable bonds is 0. The van der Waals surface area contributed by atoms with Gasteiger partial charge in [0.1, 0.15) is 5.60 Å². The Morgan fingerprint density at radius 1 is 1.40 bits per heavy atom. The highest BCUT2D eigenvalue weighted by molar-refractivity contribution is 5.43. The van der Waals surface area contributed by atoms with Crippen molar-refractivity contribution >= 4 is 0 Å². The molecule has 0 saturated carbocycles. The first-order valence-electron chi connectivity index (χ1n) is 6.19. The molecule has 15 heavy (non-hydrogen) atoms. The zero-order valence-electron chi connectivity index (χ0n) is 8.98. The van der Waals surface area contributed by atoms with E-state index >= 15 is 0 Å². The second kappa shape index (κ2) is 2.74. The van der Waals surface area contributed by atoms with Crippen LogP contribution in [-0.2, 0) is 4.74 Å². The van der Waals surface area contributed by atoms with Gasteiger partial charge in [-0.3, -0.25) is 4.90 Å². The van der Waals surface area contributed by atoms with E-state index in [0.717, 1.165) is 6.61 Å². The molecular formula is C13H17NO. The molecule has 3 unspecified atom stereocenters. The van der Waals surface area contributed by atoms with Crippen molar-refractivity contribution in [2.24, 2.45) is 0 Å². The van der Waals surface area contributed by atoms with Crippen LogP contribution in [0.2, 0.25) is 0 Å². The summed E-state index contributed by atoms with van der Waals surface area (Å²) >= 11 is 0. The minimum absolute atomic E-state index is 0.0971. The molecule has 0 aromatic rings. The van der Waals surface area contributed by atoms with Crippen molar-refractivity contribution in [2.75, 3.05) is 13.2 Å².